The van der Waals surface area contributed by atoms with E-state index in [0.29, 0.717) is 17.1 Å². The molecule has 1 aromatic heterocycles. The van der Waals surface area contributed by atoms with Crippen molar-refractivity contribution in [3.05, 3.63) is 58.7 Å². The maximum absolute atomic E-state index is 12.6. The highest BCUT2D eigenvalue weighted by atomic mass is 35.5. The van der Waals surface area contributed by atoms with Crippen molar-refractivity contribution < 1.29 is 14.3 Å². The van der Waals surface area contributed by atoms with Gasteiger partial charge >= 0.3 is 5.97 Å². The number of halogens is 1. The number of anilines is 1. The van der Waals surface area contributed by atoms with Gasteiger partial charge in [0.1, 0.15) is 5.82 Å². The van der Waals surface area contributed by atoms with Crippen LogP contribution in [0.15, 0.2) is 42.6 Å². The lowest BCUT2D eigenvalue weighted by atomic mass is 10.1. The molecule has 2 heterocycles. The number of hydrogen-bond donors (Lipinski definition) is 1. The Morgan fingerprint density at radius 2 is 1.83 bits per heavy atom. The van der Waals surface area contributed by atoms with Gasteiger partial charge in [0, 0.05) is 38.9 Å². The van der Waals surface area contributed by atoms with E-state index in [1.165, 1.54) is 7.11 Å². The average molecular weight is 417 g/mol. The van der Waals surface area contributed by atoms with Gasteiger partial charge in [-0.3, -0.25) is 9.69 Å². The Balaban J connectivity index is 1.47. The number of nitrogens with one attached hydrogen (secondary N) is 1. The molecule has 1 amide bonds. The monoisotopic (exact) mass is 416 g/mol. The van der Waals surface area contributed by atoms with Crippen LogP contribution in [0.5, 0.6) is 0 Å². The molecule has 1 fully saturated rings. The van der Waals surface area contributed by atoms with Crippen molar-refractivity contribution in [2.45, 2.75) is 19.5 Å². The van der Waals surface area contributed by atoms with Crippen LogP contribution in [-0.2, 0) is 16.1 Å². The summed E-state index contributed by atoms with van der Waals surface area (Å²) >= 11 is 5.90. The van der Waals surface area contributed by atoms with Gasteiger partial charge in [0.05, 0.1) is 23.7 Å². The van der Waals surface area contributed by atoms with Crippen molar-refractivity contribution in [1.29, 1.82) is 0 Å². The average Bonchev–Trinajstić information content (AvgIpc) is 2.77. The Morgan fingerprint density at radius 3 is 2.41 bits per heavy atom. The minimum atomic E-state index is -0.373. The van der Waals surface area contributed by atoms with Gasteiger partial charge in [-0.15, -0.1) is 0 Å². The van der Waals surface area contributed by atoms with E-state index in [0.717, 1.165) is 37.6 Å². The number of aromatic nitrogens is 1. The summed E-state index contributed by atoms with van der Waals surface area (Å²) in [5.41, 5.74) is 1.42. The van der Waals surface area contributed by atoms with Gasteiger partial charge in [-0.25, -0.2) is 9.78 Å². The lowest BCUT2D eigenvalue weighted by molar-refractivity contribution is -0.126. The van der Waals surface area contributed by atoms with Crippen molar-refractivity contribution in [1.82, 2.24) is 15.2 Å². The van der Waals surface area contributed by atoms with E-state index < -0.39 is 0 Å². The highest BCUT2D eigenvalue weighted by Gasteiger charge is 2.25. The molecule has 7 nitrogen and oxygen atoms in total. The van der Waals surface area contributed by atoms with Gasteiger partial charge in [0.15, 0.2) is 0 Å². The highest BCUT2D eigenvalue weighted by Crippen LogP contribution is 2.17. The quantitative estimate of drug-likeness (QED) is 0.728. The third kappa shape index (κ3) is 5.46. The van der Waals surface area contributed by atoms with Crippen molar-refractivity contribution in [3.8, 4) is 0 Å². The predicted molar refractivity (Wildman–Crippen MR) is 112 cm³/mol. The van der Waals surface area contributed by atoms with Crippen molar-refractivity contribution >= 4 is 29.3 Å². The molecule has 1 aromatic carbocycles. The fourth-order valence-electron chi connectivity index (χ4n) is 3.27. The number of amides is 1. The van der Waals surface area contributed by atoms with Crippen LogP contribution < -0.4 is 10.2 Å². The molecule has 0 radical (unpaired) electrons. The second-order valence-corrected chi connectivity index (χ2v) is 7.38. The third-order valence-electron chi connectivity index (χ3n) is 5.12. The Morgan fingerprint density at radius 1 is 1.14 bits per heavy atom. The fourth-order valence-corrected chi connectivity index (χ4v) is 3.38. The molecule has 1 unspecified atom stereocenters. The van der Waals surface area contributed by atoms with Gasteiger partial charge in [-0.05, 0) is 36.8 Å². The lowest BCUT2D eigenvalue weighted by Gasteiger charge is -2.38. The molecule has 1 atom stereocenters. The van der Waals surface area contributed by atoms with E-state index >= 15 is 0 Å². The van der Waals surface area contributed by atoms with Crippen LogP contribution in [0, 0.1) is 0 Å². The van der Waals surface area contributed by atoms with Crippen molar-refractivity contribution in [2.24, 2.45) is 0 Å². The number of ether oxygens (including phenoxy) is 1. The molecule has 1 aliphatic rings. The molecule has 1 aliphatic heterocycles. The summed E-state index contributed by atoms with van der Waals surface area (Å²) in [5.74, 6) is 0.517. The van der Waals surface area contributed by atoms with Crippen molar-refractivity contribution in [3.63, 3.8) is 0 Å². The first-order valence-electron chi connectivity index (χ1n) is 9.53. The number of hydrogen-bond acceptors (Lipinski definition) is 6. The lowest BCUT2D eigenvalue weighted by Crippen LogP contribution is -2.54. The molecule has 1 saturated heterocycles. The summed E-state index contributed by atoms with van der Waals surface area (Å²) in [7, 11) is 1.35. The molecular weight excluding hydrogens is 392 g/mol. The number of piperazine rings is 1. The normalized spacial score (nSPS) is 15.6. The molecule has 154 valence electrons. The van der Waals surface area contributed by atoms with E-state index in [-0.39, 0.29) is 17.9 Å². The number of esters is 1. The number of pyridine rings is 1. The number of carbonyl (C=O) groups excluding carboxylic acids is 2. The van der Waals surface area contributed by atoms with E-state index in [2.05, 4.69) is 24.8 Å². The molecule has 3 rings (SSSR count). The van der Waals surface area contributed by atoms with Gasteiger partial charge in [0.25, 0.3) is 0 Å². The Kier molecular flexibility index (Phi) is 7.06. The van der Waals surface area contributed by atoms with Crippen LogP contribution >= 0.6 is 11.6 Å². The summed E-state index contributed by atoms with van der Waals surface area (Å²) in [6.07, 6.45) is 1.65. The third-order valence-corrected chi connectivity index (χ3v) is 5.34. The van der Waals surface area contributed by atoms with Crippen LogP contribution in [0.25, 0.3) is 0 Å². The number of nitrogens with zero attached hydrogens (tertiary/aromatic N) is 3. The number of rotatable bonds is 6. The van der Waals surface area contributed by atoms with Crippen molar-refractivity contribution in [2.75, 3.05) is 38.2 Å². The molecule has 0 bridgehead atoms. The minimum Gasteiger partial charge on any atom is -0.465 e. The molecule has 8 heteroatoms. The van der Waals surface area contributed by atoms with Crippen LogP contribution in [0.3, 0.4) is 0 Å². The largest absolute Gasteiger partial charge is 0.465 e. The first-order chi connectivity index (χ1) is 14.0. The topological polar surface area (TPSA) is 74.8 Å². The zero-order valence-corrected chi connectivity index (χ0v) is 17.4. The smallest absolute Gasteiger partial charge is 0.337 e. The summed E-state index contributed by atoms with van der Waals surface area (Å²) in [6.45, 7) is 5.52. The van der Waals surface area contributed by atoms with E-state index in [1.807, 2.05) is 31.2 Å². The SMILES string of the molecule is COC(=O)c1ccc(CNC(=O)C(C)N2CCN(c3ccc(Cl)cn3)CC2)cc1. The Labute approximate surface area is 175 Å². The molecule has 29 heavy (non-hydrogen) atoms. The first kappa shape index (κ1) is 21.1. The molecule has 0 spiro atoms. The zero-order valence-electron chi connectivity index (χ0n) is 16.6. The van der Waals surface area contributed by atoms with Gasteiger partial charge in [-0.2, -0.15) is 0 Å². The molecule has 0 saturated carbocycles. The molecular formula is C21H25ClN4O3. The van der Waals surface area contributed by atoms with Crippen LogP contribution in [-0.4, -0.2) is 61.1 Å². The Hall–Kier alpha value is -2.64. The highest BCUT2D eigenvalue weighted by molar-refractivity contribution is 6.30. The second-order valence-electron chi connectivity index (χ2n) is 6.94. The number of benzene rings is 1. The van der Waals surface area contributed by atoms with E-state index in [9.17, 15) is 9.59 Å². The molecule has 0 aliphatic carbocycles. The van der Waals surface area contributed by atoms with Crippen LogP contribution in [0.1, 0.15) is 22.8 Å². The molecule has 2 aromatic rings. The van der Waals surface area contributed by atoms with Gasteiger partial charge in [-0.1, -0.05) is 23.7 Å². The van der Waals surface area contributed by atoms with Gasteiger partial charge in [0.2, 0.25) is 5.91 Å². The van der Waals surface area contributed by atoms with Crippen LogP contribution in [0.4, 0.5) is 5.82 Å². The zero-order chi connectivity index (χ0) is 20.8. The molecule has 1 N–H and O–H groups in total. The summed E-state index contributed by atoms with van der Waals surface area (Å²) in [4.78, 5) is 32.8. The number of methoxy groups -OCH3 is 1. The second kappa shape index (κ2) is 9.71. The van der Waals surface area contributed by atoms with Crippen LogP contribution in [0.2, 0.25) is 5.02 Å². The summed E-state index contributed by atoms with van der Waals surface area (Å²) < 4.78 is 4.69. The van der Waals surface area contributed by atoms with Gasteiger partial charge < -0.3 is 15.0 Å². The summed E-state index contributed by atoms with van der Waals surface area (Å²) in [5, 5.41) is 3.59. The Bertz CT molecular complexity index is 834. The summed E-state index contributed by atoms with van der Waals surface area (Å²) in [6, 6.07) is 10.6. The number of carbonyl (C=O) groups is 2. The van der Waals surface area contributed by atoms with E-state index in [1.54, 1.807) is 18.3 Å². The maximum atomic E-state index is 12.6. The maximum Gasteiger partial charge on any atom is 0.337 e. The fraction of sp³-hybridized carbons (Fsp3) is 0.381. The minimum absolute atomic E-state index is 0.0138. The van der Waals surface area contributed by atoms with E-state index in [4.69, 9.17) is 11.6 Å². The standard InChI is InChI=1S/C21H25ClN4O3/c1-15(20(27)24-13-16-3-5-17(6-4-16)21(28)29-2)25-9-11-26(12-10-25)19-8-7-18(22)14-23-19/h3-8,14-15H,9-13H2,1-2H3,(H,24,27). The first-order valence-corrected chi connectivity index (χ1v) is 9.91. The predicted octanol–water partition coefficient (Wildman–Crippen LogP) is 2.35.